The number of benzene rings is 2. The summed E-state index contributed by atoms with van der Waals surface area (Å²) in [5, 5.41) is 11.2. The molecule has 0 amide bonds. The number of furan rings is 1. The van der Waals surface area contributed by atoms with Crippen LogP contribution in [0.4, 0.5) is 4.39 Å². The van der Waals surface area contributed by atoms with Crippen LogP contribution in [0, 0.1) is 5.82 Å². The molecule has 0 aliphatic carbocycles. The molecule has 0 aliphatic heterocycles. The van der Waals surface area contributed by atoms with Gasteiger partial charge in [0, 0.05) is 5.39 Å². The minimum Gasteiger partial charge on any atom is -0.494 e. The van der Waals surface area contributed by atoms with Crippen LogP contribution in [0.25, 0.3) is 11.0 Å². The van der Waals surface area contributed by atoms with Gasteiger partial charge in [0.1, 0.15) is 17.4 Å². The van der Waals surface area contributed by atoms with E-state index in [0.29, 0.717) is 16.9 Å². The van der Waals surface area contributed by atoms with Crippen LogP contribution >= 0.6 is 0 Å². The third-order valence-corrected chi connectivity index (χ3v) is 3.20. The number of aliphatic hydroxyl groups excluding tert-OH is 1. The fraction of sp³-hybridized carbons (Fsp3) is 0.125. The number of hydrogen-bond donors (Lipinski definition) is 1. The van der Waals surface area contributed by atoms with E-state index >= 15 is 0 Å². The summed E-state index contributed by atoms with van der Waals surface area (Å²) >= 11 is 0. The highest BCUT2D eigenvalue weighted by atomic mass is 19.1. The molecule has 0 radical (unpaired) electrons. The topological polar surface area (TPSA) is 42.6 Å². The lowest BCUT2D eigenvalue weighted by Crippen LogP contribution is -1.99. The second kappa shape index (κ2) is 4.98. The maximum atomic E-state index is 13.4. The zero-order valence-corrected chi connectivity index (χ0v) is 10.8. The highest BCUT2D eigenvalue weighted by Gasteiger charge is 2.17. The summed E-state index contributed by atoms with van der Waals surface area (Å²) in [5.41, 5.74) is 1.22. The van der Waals surface area contributed by atoms with E-state index in [0.717, 1.165) is 5.39 Å². The number of para-hydroxylation sites is 1. The van der Waals surface area contributed by atoms with Crippen molar-refractivity contribution in [1.82, 2.24) is 0 Å². The van der Waals surface area contributed by atoms with Gasteiger partial charge in [-0.3, -0.25) is 0 Å². The minimum atomic E-state index is -0.961. The highest BCUT2D eigenvalue weighted by molar-refractivity contribution is 5.77. The van der Waals surface area contributed by atoms with Crippen molar-refractivity contribution in [3.8, 4) is 5.75 Å². The first-order valence-electron chi connectivity index (χ1n) is 6.19. The van der Waals surface area contributed by atoms with Gasteiger partial charge in [-0.2, -0.15) is 0 Å². The molecule has 1 heterocycles. The van der Waals surface area contributed by atoms with Gasteiger partial charge in [-0.25, -0.2) is 4.39 Å². The molecule has 3 aromatic rings. The third kappa shape index (κ3) is 2.14. The Hall–Kier alpha value is -2.33. The molecule has 0 aliphatic rings. The normalized spacial score (nSPS) is 12.6. The van der Waals surface area contributed by atoms with Crippen molar-refractivity contribution in [2.45, 2.75) is 6.10 Å². The summed E-state index contributed by atoms with van der Waals surface area (Å²) in [4.78, 5) is 0. The van der Waals surface area contributed by atoms with Crippen molar-refractivity contribution in [1.29, 1.82) is 0 Å². The minimum absolute atomic E-state index is 0.0951. The van der Waals surface area contributed by atoms with Crippen LogP contribution in [-0.4, -0.2) is 12.2 Å². The Morgan fingerprint density at radius 1 is 1.15 bits per heavy atom. The molecule has 20 heavy (non-hydrogen) atoms. The Balaban J connectivity index is 2.01. The lowest BCUT2D eigenvalue weighted by molar-refractivity contribution is 0.191. The SMILES string of the molecule is COc1cc(C(O)c2cc3ccccc3o2)ccc1F. The van der Waals surface area contributed by atoms with Crippen LogP contribution in [0.3, 0.4) is 0 Å². The molecule has 3 nitrogen and oxygen atoms in total. The van der Waals surface area contributed by atoms with Gasteiger partial charge in [0.25, 0.3) is 0 Å². The van der Waals surface area contributed by atoms with Crippen molar-refractivity contribution >= 4 is 11.0 Å². The van der Waals surface area contributed by atoms with Crippen molar-refractivity contribution in [3.63, 3.8) is 0 Å². The molecule has 0 saturated carbocycles. The summed E-state index contributed by atoms with van der Waals surface area (Å²) in [6, 6.07) is 13.5. The summed E-state index contributed by atoms with van der Waals surface area (Å²) < 4.78 is 23.9. The third-order valence-electron chi connectivity index (χ3n) is 3.20. The van der Waals surface area contributed by atoms with E-state index in [1.54, 1.807) is 6.07 Å². The lowest BCUT2D eigenvalue weighted by atomic mass is 10.1. The standard InChI is InChI=1S/C16H13FO3/c1-19-14-9-11(6-7-12(14)17)16(18)15-8-10-4-2-3-5-13(10)20-15/h2-9,16,18H,1H3. The van der Waals surface area contributed by atoms with Gasteiger partial charge in [0.05, 0.1) is 7.11 Å². The molecular weight excluding hydrogens is 259 g/mol. The molecule has 0 saturated heterocycles. The van der Waals surface area contributed by atoms with Crippen molar-refractivity contribution in [2.75, 3.05) is 7.11 Å². The predicted molar refractivity (Wildman–Crippen MR) is 73.2 cm³/mol. The number of fused-ring (bicyclic) bond motifs is 1. The van der Waals surface area contributed by atoms with E-state index in [9.17, 15) is 9.50 Å². The van der Waals surface area contributed by atoms with Gasteiger partial charge in [-0.1, -0.05) is 24.3 Å². The molecule has 102 valence electrons. The fourth-order valence-corrected chi connectivity index (χ4v) is 2.15. The first kappa shape index (κ1) is 12.7. The van der Waals surface area contributed by atoms with Gasteiger partial charge in [0.2, 0.25) is 0 Å². The van der Waals surface area contributed by atoms with Crippen LogP contribution in [0.2, 0.25) is 0 Å². The van der Waals surface area contributed by atoms with Gasteiger partial charge in [0.15, 0.2) is 11.6 Å². The Morgan fingerprint density at radius 2 is 1.95 bits per heavy atom. The van der Waals surface area contributed by atoms with Crippen LogP contribution in [0.1, 0.15) is 17.4 Å². The molecule has 1 atom stereocenters. The Labute approximate surface area is 115 Å². The zero-order valence-electron chi connectivity index (χ0n) is 10.8. The summed E-state index contributed by atoms with van der Waals surface area (Å²) in [7, 11) is 1.38. The van der Waals surface area contributed by atoms with Crippen molar-refractivity contribution in [3.05, 3.63) is 65.7 Å². The molecular formula is C16H13FO3. The largest absolute Gasteiger partial charge is 0.494 e. The van der Waals surface area contributed by atoms with E-state index in [1.807, 2.05) is 24.3 Å². The van der Waals surface area contributed by atoms with E-state index in [-0.39, 0.29) is 5.75 Å². The Kier molecular flexibility index (Phi) is 3.16. The summed E-state index contributed by atoms with van der Waals surface area (Å²) in [6.45, 7) is 0. The summed E-state index contributed by atoms with van der Waals surface area (Å²) in [5.74, 6) is 0.0468. The lowest BCUT2D eigenvalue weighted by Gasteiger charge is -2.10. The van der Waals surface area contributed by atoms with E-state index in [1.165, 1.54) is 25.3 Å². The zero-order chi connectivity index (χ0) is 14.1. The maximum Gasteiger partial charge on any atom is 0.165 e. The van der Waals surface area contributed by atoms with E-state index in [2.05, 4.69) is 0 Å². The van der Waals surface area contributed by atoms with Gasteiger partial charge in [-0.15, -0.1) is 0 Å². The first-order valence-corrected chi connectivity index (χ1v) is 6.19. The van der Waals surface area contributed by atoms with Gasteiger partial charge in [-0.05, 0) is 29.8 Å². The van der Waals surface area contributed by atoms with Crippen molar-refractivity contribution in [2.24, 2.45) is 0 Å². The smallest absolute Gasteiger partial charge is 0.165 e. The Morgan fingerprint density at radius 3 is 2.70 bits per heavy atom. The fourth-order valence-electron chi connectivity index (χ4n) is 2.15. The van der Waals surface area contributed by atoms with Crippen LogP contribution in [0.15, 0.2) is 52.9 Å². The van der Waals surface area contributed by atoms with Crippen molar-refractivity contribution < 1.29 is 18.7 Å². The molecule has 0 fully saturated rings. The van der Waals surface area contributed by atoms with Crippen LogP contribution < -0.4 is 4.74 Å². The molecule has 1 N–H and O–H groups in total. The molecule has 4 heteroatoms. The molecule has 1 unspecified atom stereocenters. The molecule has 2 aromatic carbocycles. The second-order valence-corrected chi connectivity index (χ2v) is 4.48. The van der Waals surface area contributed by atoms with Crippen LogP contribution in [-0.2, 0) is 0 Å². The predicted octanol–water partition coefficient (Wildman–Crippen LogP) is 3.66. The van der Waals surface area contributed by atoms with E-state index < -0.39 is 11.9 Å². The number of hydrogen-bond acceptors (Lipinski definition) is 3. The number of aliphatic hydroxyl groups is 1. The maximum absolute atomic E-state index is 13.4. The summed E-state index contributed by atoms with van der Waals surface area (Å²) in [6.07, 6.45) is -0.961. The first-order chi connectivity index (χ1) is 9.69. The molecule has 3 rings (SSSR count). The molecule has 0 bridgehead atoms. The average Bonchev–Trinajstić information content (AvgIpc) is 2.91. The molecule has 0 spiro atoms. The second-order valence-electron chi connectivity index (χ2n) is 4.48. The van der Waals surface area contributed by atoms with E-state index in [4.69, 9.17) is 9.15 Å². The van der Waals surface area contributed by atoms with Gasteiger partial charge < -0.3 is 14.3 Å². The quantitative estimate of drug-likeness (QED) is 0.791. The Bertz CT molecular complexity index is 715. The highest BCUT2D eigenvalue weighted by Crippen LogP contribution is 2.30. The number of halogens is 1. The number of methoxy groups -OCH3 is 1. The number of rotatable bonds is 3. The average molecular weight is 272 g/mol. The van der Waals surface area contributed by atoms with Gasteiger partial charge >= 0.3 is 0 Å². The number of ether oxygens (including phenoxy) is 1. The monoisotopic (exact) mass is 272 g/mol. The van der Waals surface area contributed by atoms with Crippen LogP contribution in [0.5, 0.6) is 5.75 Å². The molecule has 1 aromatic heterocycles.